The highest BCUT2D eigenvalue weighted by molar-refractivity contribution is 5.85. The third kappa shape index (κ3) is 6.93. The minimum absolute atomic E-state index is 0.365. The van der Waals surface area contributed by atoms with Crippen molar-refractivity contribution in [1.29, 1.82) is 0 Å². The van der Waals surface area contributed by atoms with E-state index in [9.17, 15) is 4.79 Å². The zero-order valence-corrected chi connectivity index (χ0v) is 14.3. The summed E-state index contributed by atoms with van der Waals surface area (Å²) >= 11 is 0. The second kappa shape index (κ2) is 10.1. The molecule has 4 nitrogen and oxygen atoms in total. The lowest BCUT2D eigenvalue weighted by molar-refractivity contribution is 0.159. The number of unbranched alkanes of at least 4 members (excludes halogenated alkanes) is 3. The lowest BCUT2D eigenvalue weighted by Gasteiger charge is -2.24. The van der Waals surface area contributed by atoms with Gasteiger partial charge in [0.25, 0.3) is 0 Å². The van der Waals surface area contributed by atoms with Crippen LogP contribution >= 0.6 is 0 Å². The number of anilines is 2. The lowest BCUT2D eigenvalue weighted by atomic mass is 9.95. The van der Waals surface area contributed by atoms with Crippen molar-refractivity contribution in [2.45, 2.75) is 70.8 Å². The van der Waals surface area contributed by atoms with Crippen LogP contribution in [0.15, 0.2) is 24.3 Å². The van der Waals surface area contributed by atoms with Crippen LogP contribution in [0.4, 0.5) is 16.2 Å². The van der Waals surface area contributed by atoms with Crippen LogP contribution in [0.2, 0.25) is 0 Å². The molecular weight excluding hydrogens is 288 g/mol. The van der Waals surface area contributed by atoms with Gasteiger partial charge in [-0.15, -0.1) is 0 Å². The number of ether oxygens (including phenoxy) is 1. The largest absolute Gasteiger partial charge is 0.449 e. The van der Waals surface area contributed by atoms with Gasteiger partial charge in [-0.05, 0) is 37.5 Å². The van der Waals surface area contributed by atoms with Crippen LogP contribution in [0.1, 0.15) is 64.7 Å². The van der Waals surface area contributed by atoms with Crippen molar-refractivity contribution in [2.24, 2.45) is 0 Å². The lowest BCUT2D eigenvalue weighted by Crippen LogP contribution is -2.22. The molecule has 23 heavy (non-hydrogen) atoms. The summed E-state index contributed by atoms with van der Waals surface area (Å²) in [6.07, 6.45) is 10.5. The predicted molar refractivity (Wildman–Crippen MR) is 96.1 cm³/mol. The first-order chi connectivity index (χ1) is 11.3. The molecule has 0 aromatic heterocycles. The van der Waals surface area contributed by atoms with E-state index in [1.807, 2.05) is 18.2 Å². The summed E-state index contributed by atoms with van der Waals surface area (Å²) in [7, 11) is 0. The second-order valence-corrected chi connectivity index (χ2v) is 6.38. The van der Waals surface area contributed by atoms with Crippen LogP contribution < -0.4 is 10.6 Å². The molecule has 1 aliphatic rings. The number of hydrogen-bond acceptors (Lipinski definition) is 3. The summed E-state index contributed by atoms with van der Waals surface area (Å²) < 4.78 is 5.21. The van der Waals surface area contributed by atoms with Crippen molar-refractivity contribution in [3.8, 4) is 0 Å². The Bertz CT molecular complexity index is 470. The number of carbonyl (C=O) groups excluding carboxylic acids is 1. The molecule has 2 rings (SSSR count). The molecule has 1 aromatic rings. The predicted octanol–water partition coefficient (Wildman–Crippen LogP) is 5.56. The molecule has 0 unspecified atom stereocenters. The van der Waals surface area contributed by atoms with Gasteiger partial charge < -0.3 is 10.1 Å². The Kier molecular flexibility index (Phi) is 7.78. The number of benzene rings is 1. The van der Waals surface area contributed by atoms with E-state index >= 15 is 0 Å². The Morgan fingerprint density at radius 2 is 1.91 bits per heavy atom. The fourth-order valence-electron chi connectivity index (χ4n) is 3.02. The minimum atomic E-state index is -0.365. The van der Waals surface area contributed by atoms with E-state index in [4.69, 9.17) is 4.74 Å². The van der Waals surface area contributed by atoms with E-state index in [2.05, 4.69) is 23.6 Å². The number of carbonyl (C=O) groups is 1. The van der Waals surface area contributed by atoms with Crippen molar-refractivity contribution >= 4 is 17.5 Å². The molecule has 0 spiro atoms. The molecule has 1 amide bonds. The fraction of sp³-hybridized carbons (Fsp3) is 0.632. The van der Waals surface area contributed by atoms with Gasteiger partial charge >= 0.3 is 6.09 Å². The number of nitrogens with one attached hydrogen (secondary N) is 2. The highest BCUT2D eigenvalue weighted by Crippen LogP contribution is 2.23. The number of amides is 1. The molecule has 1 saturated carbocycles. The van der Waals surface area contributed by atoms with Gasteiger partial charge in [-0.2, -0.15) is 0 Å². The van der Waals surface area contributed by atoms with Crippen molar-refractivity contribution in [3.63, 3.8) is 0 Å². The molecule has 1 aliphatic carbocycles. The van der Waals surface area contributed by atoms with E-state index in [1.165, 1.54) is 44.9 Å². The molecule has 128 valence electrons. The molecule has 1 fully saturated rings. The van der Waals surface area contributed by atoms with Gasteiger partial charge in [-0.3, -0.25) is 5.32 Å². The molecular formula is C19H30N2O2. The number of hydrogen-bond donors (Lipinski definition) is 2. The molecule has 0 aliphatic heterocycles. The average Bonchev–Trinajstić information content (AvgIpc) is 2.56. The molecule has 0 heterocycles. The SMILES string of the molecule is CCCCCCOC(=O)Nc1cccc(NC2CCCCC2)c1. The molecule has 4 heteroatoms. The van der Waals surface area contributed by atoms with Crippen LogP contribution in [0.25, 0.3) is 0 Å². The summed E-state index contributed by atoms with van der Waals surface area (Å²) in [5.74, 6) is 0. The zero-order valence-electron chi connectivity index (χ0n) is 14.3. The van der Waals surface area contributed by atoms with Crippen LogP contribution in [-0.4, -0.2) is 18.7 Å². The minimum Gasteiger partial charge on any atom is -0.449 e. The Morgan fingerprint density at radius 3 is 2.70 bits per heavy atom. The van der Waals surface area contributed by atoms with Gasteiger partial charge in [0.1, 0.15) is 0 Å². The maximum atomic E-state index is 11.8. The molecule has 0 bridgehead atoms. The maximum absolute atomic E-state index is 11.8. The fourth-order valence-corrected chi connectivity index (χ4v) is 3.02. The maximum Gasteiger partial charge on any atom is 0.411 e. The highest BCUT2D eigenvalue weighted by atomic mass is 16.5. The van der Waals surface area contributed by atoms with Crippen LogP contribution in [0.3, 0.4) is 0 Å². The van der Waals surface area contributed by atoms with Crippen LogP contribution in [0, 0.1) is 0 Å². The first-order valence-electron chi connectivity index (χ1n) is 9.08. The van der Waals surface area contributed by atoms with Gasteiger partial charge in [-0.25, -0.2) is 4.79 Å². The van der Waals surface area contributed by atoms with E-state index in [1.54, 1.807) is 0 Å². The summed E-state index contributed by atoms with van der Waals surface area (Å²) in [4.78, 5) is 11.8. The summed E-state index contributed by atoms with van der Waals surface area (Å²) in [5.41, 5.74) is 1.85. The highest BCUT2D eigenvalue weighted by Gasteiger charge is 2.13. The Hall–Kier alpha value is -1.71. The van der Waals surface area contributed by atoms with Gasteiger partial charge in [-0.1, -0.05) is 51.5 Å². The van der Waals surface area contributed by atoms with Crippen LogP contribution in [0.5, 0.6) is 0 Å². The molecule has 1 aromatic carbocycles. The third-order valence-corrected chi connectivity index (χ3v) is 4.32. The molecule has 2 N–H and O–H groups in total. The first-order valence-corrected chi connectivity index (χ1v) is 9.08. The Balaban J connectivity index is 1.74. The van der Waals surface area contributed by atoms with E-state index in [-0.39, 0.29) is 6.09 Å². The third-order valence-electron chi connectivity index (χ3n) is 4.32. The van der Waals surface area contributed by atoms with Crippen molar-refractivity contribution < 1.29 is 9.53 Å². The van der Waals surface area contributed by atoms with Crippen molar-refractivity contribution in [1.82, 2.24) is 0 Å². The zero-order chi connectivity index (χ0) is 16.3. The van der Waals surface area contributed by atoms with Gasteiger partial charge in [0, 0.05) is 17.4 Å². The normalized spacial score (nSPS) is 15.2. The van der Waals surface area contributed by atoms with E-state index < -0.39 is 0 Å². The van der Waals surface area contributed by atoms with Gasteiger partial charge in [0.15, 0.2) is 0 Å². The smallest absolute Gasteiger partial charge is 0.411 e. The topological polar surface area (TPSA) is 50.4 Å². The molecule has 0 saturated heterocycles. The second-order valence-electron chi connectivity index (χ2n) is 6.38. The number of rotatable bonds is 8. The Labute approximate surface area is 140 Å². The van der Waals surface area contributed by atoms with Gasteiger partial charge in [0.2, 0.25) is 0 Å². The monoisotopic (exact) mass is 318 g/mol. The molecule has 0 radical (unpaired) electrons. The molecule has 0 atom stereocenters. The first kappa shape index (κ1) is 17.6. The van der Waals surface area contributed by atoms with E-state index in [0.29, 0.717) is 12.6 Å². The Morgan fingerprint density at radius 1 is 1.13 bits per heavy atom. The van der Waals surface area contributed by atoms with Crippen LogP contribution in [-0.2, 0) is 4.74 Å². The summed E-state index contributed by atoms with van der Waals surface area (Å²) in [6.45, 7) is 2.66. The quantitative estimate of drug-likeness (QED) is 0.617. The van der Waals surface area contributed by atoms with Crippen molar-refractivity contribution in [2.75, 3.05) is 17.2 Å². The average molecular weight is 318 g/mol. The standard InChI is InChI=1S/C19H30N2O2/c1-2-3-4-8-14-23-19(22)21-18-13-9-12-17(15-18)20-16-10-6-5-7-11-16/h9,12-13,15-16,20H,2-8,10-11,14H2,1H3,(H,21,22). The summed E-state index contributed by atoms with van der Waals surface area (Å²) in [5, 5.41) is 6.38. The summed E-state index contributed by atoms with van der Waals surface area (Å²) in [6, 6.07) is 8.44. The van der Waals surface area contributed by atoms with Crippen molar-refractivity contribution in [3.05, 3.63) is 24.3 Å². The van der Waals surface area contributed by atoms with Gasteiger partial charge in [0.05, 0.1) is 6.61 Å². The van der Waals surface area contributed by atoms with E-state index in [0.717, 1.165) is 24.2 Å².